The molecule has 100 valence electrons. The zero-order valence-electron chi connectivity index (χ0n) is 10.8. The number of aliphatic hydroxyl groups is 1. The van der Waals surface area contributed by atoms with Crippen molar-refractivity contribution in [1.29, 1.82) is 0 Å². The summed E-state index contributed by atoms with van der Waals surface area (Å²) < 4.78 is 0.613. The Morgan fingerprint density at radius 2 is 2.22 bits per heavy atom. The number of aromatic nitrogens is 2. The maximum absolute atomic E-state index is 9.28. The van der Waals surface area contributed by atoms with Crippen molar-refractivity contribution in [3.63, 3.8) is 0 Å². The molecule has 0 radical (unpaired) electrons. The molecule has 0 aromatic carbocycles. The fourth-order valence-electron chi connectivity index (χ4n) is 2.40. The molecule has 0 spiro atoms. The van der Waals surface area contributed by atoms with Gasteiger partial charge in [0.25, 0.3) is 0 Å². The monoisotopic (exact) mass is 267 g/mol. The van der Waals surface area contributed by atoms with E-state index in [-0.39, 0.29) is 6.10 Å². The fourth-order valence-corrected chi connectivity index (χ4v) is 2.61. The van der Waals surface area contributed by atoms with Gasteiger partial charge in [-0.2, -0.15) is 0 Å². The largest absolute Gasteiger partial charge is 0.392 e. The highest BCUT2D eigenvalue weighted by Gasteiger charge is 2.17. The summed E-state index contributed by atoms with van der Waals surface area (Å²) in [6, 6.07) is 1.81. The zero-order valence-corrected chi connectivity index (χ0v) is 11.6. The first-order valence-corrected chi connectivity index (χ1v) is 7.09. The molecule has 1 atom stereocenters. The van der Waals surface area contributed by atoms with Gasteiger partial charge in [-0.15, -0.1) is 0 Å². The summed E-state index contributed by atoms with van der Waals surface area (Å²) >= 11 is 5.20. The molecule has 0 aliphatic heterocycles. The highest BCUT2D eigenvalue weighted by Crippen LogP contribution is 2.30. The van der Waals surface area contributed by atoms with Gasteiger partial charge in [0.1, 0.15) is 16.3 Å². The summed E-state index contributed by atoms with van der Waals surface area (Å²) in [5.74, 6) is 2.36. The Labute approximate surface area is 113 Å². The van der Waals surface area contributed by atoms with Crippen LogP contribution in [0.15, 0.2) is 6.07 Å². The van der Waals surface area contributed by atoms with Gasteiger partial charge in [0.15, 0.2) is 0 Å². The Morgan fingerprint density at radius 1 is 1.50 bits per heavy atom. The van der Waals surface area contributed by atoms with Crippen molar-refractivity contribution < 1.29 is 5.11 Å². The van der Waals surface area contributed by atoms with Gasteiger partial charge in [0.05, 0.1) is 6.10 Å². The van der Waals surface area contributed by atoms with E-state index < -0.39 is 0 Å². The van der Waals surface area contributed by atoms with Gasteiger partial charge < -0.3 is 15.4 Å². The second-order valence-corrected chi connectivity index (χ2v) is 5.50. The van der Waals surface area contributed by atoms with Crippen LogP contribution in [-0.4, -0.2) is 27.7 Å². The van der Waals surface area contributed by atoms with Crippen molar-refractivity contribution in [2.45, 2.75) is 51.0 Å². The first kappa shape index (κ1) is 13.5. The summed E-state index contributed by atoms with van der Waals surface area (Å²) in [7, 11) is 0. The van der Waals surface area contributed by atoms with Crippen molar-refractivity contribution in [2.24, 2.45) is 0 Å². The number of rotatable bonds is 4. The third-order valence-electron chi connectivity index (χ3n) is 3.34. The average molecular weight is 267 g/mol. The SMILES string of the molecule is CC(O)CNc1cc(=S)nc(C2CCCCC2)[nH]1. The number of anilines is 1. The van der Waals surface area contributed by atoms with Crippen LogP contribution in [0.3, 0.4) is 0 Å². The van der Waals surface area contributed by atoms with Crippen molar-refractivity contribution in [3.05, 3.63) is 16.5 Å². The molecule has 1 aromatic heterocycles. The molecule has 0 amide bonds. The van der Waals surface area contributed by atoms with Crippen LogP contribution in [0.2, 0.25) is 0 Å². The third kappa shape index (κ3) is 3.78. The lowest BCUT2D eigenvalue weighted by Crippen LogP contribution is -2.17. The lowest BCUT2D eigenvalue weighted by molar-refractivity contribution is 0.208. The normalized spacial score (nSPS) is 18.6. The van der Waals surface area contributed by atoms with Crippen LogP contribution >= 0.6 is 12.2 Å². The Morgan fingerprint density at radius 3 is 2.89 bits per heavy atom. The second kappa shape index (κ2) is 6.29. The second-order valence-electron chi connectivity index (χ2n) is 5.08. The van der Waals surface area contributed by atoms with Gasteiger partial charge in [-0.25, -0.2) is 4.98 Å². The minimum atomic E-state index is -0.377. The number of nitrogens with one attached hydrogen (secondary N) is 2. The van der Waals surface area contributed by atoms with Crippen LogP contribution in [0.1, 0.15) is 50.8 Å². The van der Waals surface area contributed by atoms with Gasteiger partial charge in [-0.3, -0.25) is 0 Å². The number of hydrogen-bond donors (Lipinski definition) is 3. The van der Waals surface area contributed by atoms with E-state index in [2.05, 4.69) is 15.3 Å². The van der Waals surface area contributed by atoms with Gasteiger partial charge in [0, 0.05) is 18.5 Å². The standard InChI is InChI=1S/C13H21N3OS/c1-9(17)8-14-11-7-12(18)16-13(15-11)10-5-3-2-4-6-10/h7,9-10,17H,2-6,8H2,1H3,(H2,14,15,16,18). The first-order chi connectivity index (χ1) is 8.65. The molecule has 18 heavy (non-hydrogen) atoms. The first-order valence-electron chi connectivity index (χ1n) is 6.68. The Kier molecular flexibility index (Phi) is 4.72. The third-order valence-corrected chi connectivity index (χ3v) is 3.55. The average Bonchev–Trinajstić information content (AvgIpc) is 2.37. The van der Waals surface area contributed by atoms with Gasteiger partial charge in [-0.1, -0.05) is 31.5 Å². The van der Waals surface area contributed by atoms with Crippen LogP contribution in [0.4, 0.5) is 5.82 Å². The summed E-state index contributed by atoms with van der Waals surface area (Å²) in [6.45, 7) is 2.27. The number of aliphatic hydroxyl groups excluding tert-OH is 1. The van der Waals surface area contributed by atoms with Crippen LogP contribution in [0.25, 0.3) is 0 Å². The van der Waals surface area contributed by atoms with Crippen LogP contribution in [0, 0.1) is 4.64 Å². The molecular weight excluding hydrogens is 246 g/mol. The van der Waals surface area contributed by atoms with E-state index in [4.69, 9.17) is 12.2 Å². The van der Waals surface area contributed by atoms with E-state index in [0.717, 1.165) is 11.6 Å². The maximum atomic E-state index is 9.28. The maximum Gasteiger partial charge on any atom is 0.131 e. The number of H-pyrrole nitrogens is 1. The van der Waals surface area contributed by atoms with Crippen LogP contribution in [-0.2, 0) is 0 Å². The molecule has 1 aliphatic carbocycles. The van der Waals surface area contributed by atoms with Crippen molar-refractivity contribution in [1.82, 2.24) is 9.97 Å². The minimum absolute atomic E-state index is 0.377. The summed E-state index contributed by atoms with van der Waals surface area (Å²) in [4.78, 5) is 7.75. The van der Waals surface area contributed by atoms with E-state index >= 15 is 0 Å². The van der Waals surface area contributed by atoms with Crippen molar-refractivity contribution in [3.8, 4) is 0 Å². The van der Waals surface area contributed by atoms with E-state index in [0.29, 0.717) is 17.1 Å². The van der Waals surface area contributed by atoms with E-state index in [1.54, 1.807) is 6.92 Å². The summed E-state index contributed by atoms with van der Waals surface area (Å²) in [6.07, 6.45) is 5.89. The summed E-state index contributed by atoms with van der Waals surface area (Å²) in [5.41, 5.74) is 0. The fraction of sp³-hybridized carbons (Fsp3) is 0.692. The van der Waals surface area contributed by atoms with Gasteiger partial charge in [0.2, 0.25) is 0 Å². The number of nitrogens with zero attached hydrogens (tertiary/aromatic N) is 1. The molecule has 1 heterocycles. The molecule has 1 unspecified atom stereocenters. The number of aromatic amines is 1. The molecule has 0 bridgehead atoms. The molecule has 2 rings (SSSR count). The van der Waals surface area contributed by atoms with E-state index in [9.17, 15) is 5.11 Å². The minimum Gasteiger partial charge on any atom is -0.392 e. The Hall–Kier alpha value is -0.940. The van der Waals surface area contributed by atoms with Crippen molar-refractivity contribution in [2.75, 3.05) is 11.9 Å². The Balaban J connectivity index is 2.12. The quantitative estimate of drug-likeness (QED) is 0.734. The molecule has 3 N–H and O–H groups in total. The van der Waals surface area contributed by atoms with Gasteiger partial charge >= 0.3 is 0 Å². The molecule has 1 aliphatic rings. The molecule has 1 aromatic rings. The summed E-state index contributed by atoms with van der Waals surface area (Å²) in [5, 5.41) is 12.4. The topological polar surface area (TPSA) is 60.9 Å². The van der Waals surface area contributed by atoms with E-state index in [1.165, 1.54) is 32.1 Å². The molecule has 1 fully saturated rings. The predicted octanol–water partition coefficient (Wildman–Crippen LogP) is 2.98. The molecule has 4 nitrogen and oxygen atoms in total. The van der Waals surface area contributed by atoms with Crippen molar-refractivity contribution >= 4 is 18.0 Å². The highest BCUT2D eigenvalue weighted by molar-refractivity contribution is 7.71. The van der Waals surface area contributed by atoms with E-state index in [1.807, 2.05) is 6.07 Å². The Bertz CT molecular complexity index is 438. The highest BCUT2D eigenvalue weighted by atomic mass is 32.1. The molecule has 0 saturated heterocycles. The lowest BCUT2D eigenvalue weighted by Gasteiger charge is -2.21. The zero-order chi connectivity index (χ0) is 13.0. The molecular formula is C13H21N3OS. The molecule has 1 saturated carbocycles. The smallest absolute Gasteiger partial charge is 0.131 e. The van der Waals surface area contributed by atoms with Crippen LogP contribution in [0.5, 0.6) is 0 Å². The lowest BCUT2D eigenvalue weighted by atomic mass is 9.89. The molecule has 5 heteroatoms. The number of hydrogen-bond acceptors (Lipinski definition) is 4. The van der Waals surface area contributed by atoms with Gasteiger partial charge in [-0.05, 0) is 19.8 Å². The predicted molar refractivity (Wildman–Crippen MR) is 75.4 cm³/mol. The van der Waals surface area contributed by atoms with Crippen LogP contribution < -0.4 is 5.32 Å².